The Labute approximate surface area is 164 Å². The summed E-state index contributed by atoms with van der Waals surface area (Å²) in [7, 11) is 1.43. The van der Waals surface area contributed by atoms with Crippen molar-refractivity contribution in [2.75, 3.05) is 12.8 Å². The summed E-state index contributed by atoms with van der Waals surface area (Å²) in [6.07, 6.45) is -4.95. The summed E-state index contributed by atoms with van der Waals surface area (Å²) in [6.45, 7) is 1.02. The molecule has 0 spiro atoms. The van der Waals surface area contributed by atoms with Crippen molar-refractivity contribution in [1.82, 2.24) is 0 Å². The minimum absolute atomic E-state index is 0.00867. The first-order valence-electron chi connectivity index (χ1n) is 8.47. The topological polar surface area (TPSA) is 110 Å². The van der Waals surface area contributed by atoms with Gasteiger partial charge in [-0.1, -0.05) is 12.1 Å². The highest BCUT2D eigenvalue weighted by molar-refractivity contribution is 5.99. The molecule has 29 heavy (non-hydrogen) atoms. The van der Waals surface area contributed by atoms with E-state index in [1.54, 1.807) is 0 Å². The van der Waals surface area contributed by atoms with Gasteiger partial charge in [-0.2, -0.15) is 13.2 Å². The van der Waals surface area contributed by atoms with E-state index in [0.717, 1.165) is 25.1 Å². The Bertz CT molecular complexity index is 895. The maximum absolute atomic E-state index is 13.1. The quantitative estimate of drug-likeness (QED) is 0.472. The first-order chi connectivity index (χ1) is 13.4. The fourth-order valence-electron chi connectivity index (χ4n) is 3.06. The third-order valence-electron chi connectivity index (χ3n) is 5.00. The lowest BCUT2D eigenvalue weighted by Gasteiger charge is -2.31. The Morgan fingerprint density at radius 1 is 1.07 bits per heavy atom. The first-order valence-corrected chi connectivity index (χ1v) is 8.47. The summed E-state index contributed by atoms with van der Waals surface area (Å²) >= 11 is 0. The molecule has 1 unspecified atom stereocenters. The fourth-order valence-corrected chi connectivity index (χ4v) is 3.06. The lowest BCUT2D eigenvalue weighted by atomic mass is 9.70. The van der Waals surface area contributed by atoms with Gasteiger partial charge >= 0.3 is 18.1 Å². The molecule has 1 atom stereocenters. The van der Waals surface area contributed by atoms with Crippen molar-refractivity contribution in [1.29, 1.82) is 0 Å². The van der Waals surface area contributed by atoms with Crippen molar-refractivity contribution in [3.8, 4) is 5.75 Å². The molecule has 156 valence electrons. The second-order valence-corrected chi connectivity index (χ2v) is 6.75. The number of nitrogens with two attached hydrogens (primary N) is 1. The van der Waals surface area contributed by atoms with Crippen LogP contribution in [0.3, 0.4) is 0 Å². The van der Waals surface area contributed by atoms with Crippen molar-refractivity contribution in [3.05, 3.63) is 59.2 Å². The van der Waals surface area contributed by atoms with Gasteiger partial charge < -0.3 is 20.7 Å². The van der Waals surface area contributed by atoms with Gasteiger partial charge in [-0.15, -0.1) is 0 Å². The SMILES string of the molecule is COc1ccc(C(Cc2cc(C(F)(F)F)ccc2N)C(C)(C(=O)O)C(=O)O)cc1. The fraction of sp³-hybridized carbons (Fsp3) is 0.300. The van der Waals surface area contributed by atoms with Gasteiger partial charge in [0.2, 0.25) is 0 Å². The molecule has 0 aliphatic rings. The minimum Gasteiger partial charge on any atom is -0.497 e. The van der Waals surface area contributed by atoms with E-state index in [4.69, 9.17) is 10.5 Å². The van der Waals surface area contributed by atoms with Gasteiger partial charge in [0, 0.05) is 11.6 Å². The summed E-state index contributed by atoms with van der Waals surface area (Å²) in [5.41, 5.74) is 2.88. The third-order valence-corrected chi connectivity index (χ3v) is 5.00. The summed E-state index contributed by atoms with van der Waals surface area (Å²) in [6, 6.07) is 8.70. The summed E-state index contributed by atoms with van der Waals surface area (Å²) < 4.78 is 44.3. The first kappa shape index (κ1) is 22.1. The number of benzene rings is 2. The highest BCUT2D eigenvalue weighted by Gasteiger charge is 2.49. The molecule has 0 bridgehead atoms. The molecular weight excluding hydrogens is 391 g/mol. The van der Waals surface area contributed by atoms with Gasteiger partial charge in [-0.05, 0) is 54.8 Å². The summed E-state index contributed by atoms with van der Waals surface area (Å²) in [5, 5.41) is 19.3. The van der Waals surface area contributed by atoms with E-state index in [1.807, 2.05) is 0 Å². The number of rotatable bonds is 7. The van der Waals surface area contributed by atoms with Crippen LogP contribution in [0.4, 0.5) is 18.9 Å². The molecule has 0 heterocycles. The van der Waals surface area contributed by atoms with Crippen LogP contribution in [0.5, 0.6) is 5.75 Å². The summed E-state index contributed by atoms with van der Waals surface area (Å²) in [5.74, 6) is -3.97. The Morgan fingerprint density at radius 3 is 2.07 bits per heavy atom. The molecule has 0 saturated heterocycles. The van der Waals surface area contributed by atoms with E-state index < -0.39 is 35.0 Å². The zero-order valence-corrected chi connectivity index (χ0v) is 15.7. The zero-order valence-electron chi connectivity index (χ0n) is 15.7. The van der Waals surface area contributed by atoms with Gasteiger partial charge in [0.15, 0.2) is 5.41 Å². The Kier molecular flexibility index (Phi) is 6.10. The second-order valence-electron chi connectivity index (χ2n) is 6.75. The molecule has 0 amide bonds. The smallest absolute Gasteiger partial charge is 0.416 e. The van der Waals surface area contributed by atoms with Crippen LogP contribution in [0, 0.1) is 5.41 Å². The average molecular weight is 411 g/mol. The highest BCUT2D eigenvalue weighted by atomic mass is 19.4. The van der Waals surface area contributed by atoms with Crippen LogP contribution in [0.25, 0.3) is 0 Å². The van der Waals surface area contributed by atoms with Crippen LogP contribution >= 0.6 is 0 Å². The molecule has 2 aromatic carbocycles. The molecule has 0 saturated carbocycles. The number of hydrogen-bond donors (Lipinski definition) is 3. The lowest BCUT2D eigenvalue weighted by Crippen LogP contribution is -2.43. The van der Waals surface area contributed by atoms with Gasteiger partial charge in [0.25, 0.3) is 0 Å². The molecule has 0 aliphatic carbocycles. The predicted octanol–water partition coefficient (Wildman–Crippen LogP) is 3.80. The normalized spacial score (nSPS) is 13.0. The Morgan fingerprint density at radius 2 is 1.62 bits per heavy atom. The number of hydrogen-bond acceptors (Lipinski definition) is 4. The molecule has 6 nitrogen and oxygen atoms in total. The number of nitrogen functional groups attached to an aromatic ring is 1. The van der Waals surface area contributed by atoms with Crippen molar-refractivity contribution < 1.29 is 37.7 Å². The molecule has 0 aromatic heterocycles. The molecular formula is C20H20F3NO5. The Hall–Kier alpha value is -3.23. The molecule has 2 aromatic rings. The maximum atomic E-state index is 13.1. The van der Waals surface area contributed by atoms with E-state index in [9.17, 15) is 33.0 Å². The Balaban J connectivity index is 2.62. The van der Waals surface area contributed by atoms with Crippen LogP contribution in [-0.4, -0.2) is 29.3 Å². The van der Waals surface area contributed by atoms with Crippen molar-refractivity contribution in [2.24, 2.45) is 5.41 Å². The number of ether oxygens (including phenoxy) is 1. The second kappa shape index (κ2) is 8.02. The number of methoxy groups -OCH3 is 1. The van der Waals surface area contributed by atoms with E-state index in [2.05, 4.69) is 0 Å². The number of carbonyl (C=O) groups is 2. The van der Waals surface area contributed by atoms with Crippen LogP contribution in [0.1, 0.15) is 29.5 Å². The number of anilines is 1. The lowest BCUT2D eigenvalue weighted by molar-refractivity contribution is -0.165. The summed E-state index contributed by atoms with van der Waals surface area (Å²) in [4.78, 5) is 23.8. The van der Waals surface area contributed by atoms with Crippen LogP contribution < -0.4 is 10.5 Å². The number of alkyl halides is 3. The van der Waals surface area contributed by atoms with E-state index in [0.29, 0.717) is 11.3 Å². The number of aliphatic carboxylic acids is 2. The van der Waals surface area contributed by atoms with E-state index in [1.165, 1.54) is 31.4 Å². The van der Waals surface area contributed by atoms with Gasteiger partial charge in [0.05, 0.1) is 12.7 Å². The standard InChI is InChI=1S/C20H20F3NO5/c1-19(17(25)26,18(27)28)15(11-3-6-14(29-2)7-4-11)10-12-9-13(20(21,22)23)5-8-16(12)24/h3-9,15H,10,24H2,1-2H3,(H,25,26)(H,27,28). The molecule has 0 radical (unpaired) electrons. The largest absolute Gasteiger partial charge is 0.497 e. The number of carboxylic acid groups (broad SMARTS) is 2. The van der Waals surface area contributed by atoms with Crippen LogP contribution in [-0.2, 0) is 22.2 Å². The van der Waals surface area contributed by atoms with Crippen LogP contribution in [0.15, 0.2) is 42.5 Å². The average Bonchev–Trinajstić information content (AvgIpc) is 2.65. The monoisotopic (exact) mass is 411 g/mol. The maximum Gasteiger partial charge on any atom is 0.416 e. The van der Waals surface area contributed by atoms with Gasteiger partial charge in [-0.3, -0.25) is 9.59 Å². The van der Waals surface area contributed by atoms with E-state index >= 15 is 0 Å². The number of carboxylic acids is 2. The van der Waals surface area contributed by atoms with Gasteiger partial charge in [-0.25, -0.2) is 0 Å². The van der Waals surface area contributed by atoms with E-state index in [-0.39, 0.29) is 17.7 Å². The highest BCUT2D eigenvalue weighted by Crippen LogP contribution is 2.41. The van der Waals surface area contributed by atoms with Crippen molar-refractivity contribution in [2.45, 2.75) is 25.4 Å². The predicted molar refractivity (Wildman–Crippen MR) is 98.7 cm³/mol. The van der Waals surface area contributed by atoms with Crippen molar-refractivity contribution >= 4 is 17.6 Å². The van der Waals surface area contributed by atoms with Crippen LogP contribution in [0.2, 0.25) is 0 Å². The molecule has 4 N–H and O–H groups in total. The zero-order chi connectivity index (χ0) is 22.0. The van der Waals surface area contributed by atoms with Gasteiger partial charge in [0.1, 0.15) is 5.75 Å². The number of halogens is 3. The third kappa shape index (κ3) is 4.44. The minimum atomic E-state index is -4.62. The molecule has 0 fully saturated rings. The molecule has 2 rings (SSSR count). The van der Waals surface area contributed by atoms with Crippen molar-refractivity contribution in [3.63, 3.8) is 0 Å². The molecule has 0 aliphatic heterocycles. The molecule has 9 heteroatoms.